The van der Waals surface area contributed by atoms with Gasteiger partial charge in [-0.1, -0.05) is 113 Å². The zero-order valence-electron chi connectivity index (χ0n) is 28.0. The molecule has 2 aromatic heterocycles. The highest BCUT2D eigenvalue weighted by atomic mass is 15.0. The fourth-order valence-electron chi connectivity index (χ4n) is 8.95. The number of benzene rings is 7. The van der Waals surface area contributed by atoms with Crippen molar-refractivity contribution in [3.8, 4) is 11.4 Å². The summed E-state index contributed by atoms with van der Waals surface area (Å²) in [6, 6.07) is 49.9. The molecular formula is C46H38N2. The molecule has 2 nitrogen and oxygen atoms in total. The number of hydrogen-bond acceptors (Lipinski definition) is 0. The quantitative estimate of drug-likeness (QED) is 0.182. The number of nitrogens with zero attached hydrogens (tertiary/aromatic N) is 2. The van der Waals surface area contributed by atoms with Crippen molar-refractivity contribution in [3.05, 3.63) is 145 Å². The van der Waals surface area contributed by atoms with Crippen molar-refractivity contribution in [1.29, 1.82) is 0 Å². The number of hydrogen-bond donors (Lipinski definition) is 0. The molecule has 0 atom stereocenters. The van der Waals surface area contributed by atoms with Crippen LogP contribution in [0.3, 0.4) is 0 Å². The van der Waals surface area contributed by atoms with Crippen molar-refractivity contribution < 1.29 is 0 Å². The highest BCUT2D eigenvalue weighted by Gasteiger charge is 2.38. The number of fused-ring (bicyclic) bond motifs is 11. The lowest BCUT2D eigenvalue weighted by atomic mass is 9.63. The fraction of sp³-hybridized carbons (Fsp3) is 0.174. The second-order valence-electron chi connectivity index (χ2n) is 15.2. The van der Waals surface area contributed by atoms with Gasteiger partial charge in [-0.25, -0.2) is 0 Å². The first-order chi connectivity index (χ1) is 23.3. The van der Waals surface area contributed by atoms with Crippen LogP contribution in [0.5, 0.6) is 0 Å². The average Bonchev–Trinajstić information content (AvgIpc) is 3.62. The first kappa shape index (κ1) is 27.7. The van der Waals surface area contributed by atoms with Crippen molar-refractivity contribution >= 4 is 65.2 Å². The molecule has 7 aromatic carbocycles. The molecule has 0 aliphatic heterocycles. The van der Waals surface area contributed by atoms with Gasteiger partial charge in [0.05, 0.1) is 27.8 Å². The van der Waals surface area contributed by atoms with Gasteiger partial charge in [0.25, 0.3) is 0 Å². The van der Waals surface area contributed by atoms with E-state index in [2.05, 4.69) is 170 Å². The van der Waals surface area contributed by atoms with E-state index in [9.17, 15) is 0 Å². The van der Waals surface area contributed by atoms with Gasteiger partial charge in [-0.05, 0) is 99.5 Å². The Morgan fingerprint density at radius 1 is 0.417 bits per heavy atom. The van der Waals surface area contributed by atoms with Crippen molar-refractivity contribution in [2.24, 2.45) is 0 Å². The molecule has 0 N–H and O–H groups in total. The Kier molecular flexibility index (Phi) is 5.55. The maximum absolute atomic E-state index is 2.59. The lowest BCUT2D eigenvalue weighted by molar-refractivity contribution is 0.332. The molecule has 0 saturated carbocycles. The largest absolute Gasteiger partial charge is 0.309 e. The summed E-state index contributed by atoms with van der Waals surface area (Å²) in [5.74, 6) is 0. The highest BCUT2D eigenvalue weighted by Crippen LogP contribution is 2.51. The summed E-state index contributed by atoms with van der Waals surface area (Å²) in [4.78, 5) is 0. The molecule has 0 radical (unpaired) electrons. The van der Waals surface area contributed by atoms with Crippen molar-refractivity contribution in [3.63, 3.8) is 0 Å². The summed E-state index contributed by atoms with van der Waals surface area (Å²) in [6.45, 7) is 9.77. The van der Waals surface area contributed by atoms with Crippen molar-refractivity contribution in [1.82, 2.24) is 9.13 Å². The monoisotopic (exact) mass is 618 g/mol. The summed E-state index contributed by atoms with van der Waals surface area (Å²) in [5, 5.41) is 10.4. The van der Waals surface area contributed by atoms with E-state index in [1.54, 1.807) is 0 Å². The molecule has 9 aromatic rings. The molecule has 0 amide bonds. The minimum atomic E-state index is 0.103. The van der Waals surface area contributed by atoms with Crippen LogP contribution in [0.15, 0.2) is 133 Å². The molecule has 2 heteroatoms. The van der Waals surface area contributed by atoms with Crippen LogP contribution in [0.4, 0.5) is 0 Å². The Morgan fingerprint density at radius 3 is 1.71 bits per heavy atom. The lowest BCUT2D eigenvalue weighted by Gasteiger charge is -2.42. The van der Waals surface area contributed by atoms with Gasteiger partial charge in [0, 0.05) is 32.6 Å². The Morgan fingerprint density at radius 2 is 0.958 bits per heavy atom. The van der Waals surface area contributed by atoms with E-state index in [-0.39, 0.29) is 10.8 Å². The van der Waals surface area contributed by atoms with Crippen molar-refractivity contribution in [2.45, 2.75) is 51.4 Å². The fourth-order valence-corrected chi connectivity index (χ4v) is 8.95. The molecule has 1 aliphatic rings. The van der Waals surface area contributed by atoms with Crippen LogP contribution in [0.2, 0.25) is 0 Å². The first-order valence-corrected chi connectivity index (χ1v) is 17.3. The van der Waals surface area contributed by atoms with E-state index in [0.29, 0.717) is 0 Å². The summed E-state index contributed by atoms with van der Waals surface area (Å²) in [7, 11) is 0. The third-order valence-corrected chi connectivity index (χ3v) is 11.5. The highest BCUT2D eigenvalue weighted by molar-refractivity contribution is 6.33. The SMILES string of the molecule is CC1(C)CCC(C)(C)c2cc3c(cc21)c1c2c4c5ccccc5ccc4n(-c4ccccc4)c2ccc1n3-c1cccc2ccccc12. The van der Waals surface area contributed by atoms with E-state index in [0.717, 1.165) is 0 Å². The standard InChI is InChI=1S/C46H38N2/c1-45(2)25-26-46(3,4)36-28-41-34(27-35(36)45)43-39(48(41)37-20-12-15-29-13-8-10-18-32(29)37)23-24-40-44(43)42-33-19-11-9-14-30(33)21-22-38(42)47(40)31-16-6-5-7-17-31/h5-24,27-28H,25-26H2,1-4H3. The Hall–Kier alpha value is -5.34. The van der Waals surface area contributed by atoms with E-state index >= 15 is 0 Å². The molecule has 2 heterocycles. The molecule has 0 fully saturated rings. The van der Waals surface area contributed by atoms with Gasteiger partial charge in [-0.2, -0.15) is 0 Å². The van der Waals surface area contributed by atoms with E-state index in [4.69, 9.17) is 0 Å². The lowest BCUT2D eigenvalue weighted by Crippen LogP contribution is -2.33. The van der Waals surface area contributed by atoms with Gasteiger partial charge in [0.1, 0.15) is 0 Å². The summed E-state index contributed by atoms with van der Waals surface area (Å²) in [5.41, 5.74) is 10.6. The summed E-state index contributed by atoms with van der Waals surface area (Å²) < 4.78 is 5.05. The van der Waals surface area contributed by atoms with Gasteiger partial charge in [0.15, 0.2) is 0 Å². The molecule has 0 spiro atoms. The minimum absolute atomic E-state index is 0.103. The second kappa shape index (κ2) is 9.61. The van der Waals surface area contributed by atoms with Crippen LogP contribution in [0.25, 0.3) is 76.5 Å². The van der Waals surface area contributed by atoms with Gasteiger partial charge in [-0.15, -0.1) is 0 Å². The number of aromatic nitrogens is 2. The average molecular weight is 619 g/mol. The van der Waals surface area contributed by atoms with E-state index < -0.39 is 0 Å². The van der Waals surface area contributed by atoms with Crippen LogP contribution < -0.4 is 0 Å². The topological polar surface area (TPSA) is 9.86 Å². The molecule has 10 rings (SSSR count). The number of rotatable bonds is 2. The predicted molar refractivity (Wildman–Crippen MR) is 205 cm³/mol. The van der Waals surface area contributed by atoms with Gasteiger partial charge in [-0.3, -0.25) is 0 Å². The Bertz CT molecular complexity index is 2770. The Balaban J connectivity index is 1.49. The molecule has 48 heavy (non-hydrogen) atoms. The summed E-state index contributed by atoms with van der Waals surface area (Å²) in [6.07, 6.45) is 2.38. The number of para-hydroxylation sites is 1. The smallest absolute Gasteiger partial charge is 0.0549 e. The minimum Gasteiger partial charge on any atom is -0.309 e. The molecule has 0 bridgehead atoms. The van der Waals surface area contributed by atoms with Crippen LogP contribution in [0, 0.1) is 0 Å². The third kappa shape index (κ3) is 3.69. The normalized spacial score (nSPS) is 15.7. The molecular weight excluding hydrogens is 581 g/mol. The Labute approximate surface area is 280 Å². The predicted octanol–water partition coefficient (Wildman–Crippen LogP) is 12.5. The molecule has 1 aliphatic carbocycles. The third-order valence-electron chi connectivity index (χ3n) is 11.5. The maximum Gasteiger partial charge on any atom is 0.0549 e. The zero-order valence-corrected chi connectivity index (χ0v) is 28.0. The second-order valence-corrected chi connectivity index (χ2v) is 15.2. The van der Waals surface area contributed by atoms with Gasteiger partial charge < -0.3 is 9.13 Å². The van der Waals surface area contributed by atoms with E-state index in [1.807, 2.05) is 0 Å². The summed E-state index contributed by atoms with van der Waals surface area (Å²) >= 11 is 0. The van der Waals surface area contributed by atoms with Crippen LogP contribution >= 0.6 is 0 Å². The molecule has 0 saturated heterocycles. The maximum atomic E-state index is 2.59. The first-order valence-electron chi connectivity index (χ1n) is 17.3. The van der Waals surface area contributed by atoms with Crippen LogP contribution in [-0.2, 0) is 10.8 Å². The molecule has 0 unspecified atom stereocenters. The van der Waals surface area contributed by atoms with E-state index in [1.165, 1.54) is 100 Å². The molecule has 232 valence electrons. The van der Waals surface area contributed by atoms with Crippen LogP contribution in [-0.4, -0.2) is 9.13 Å². The van der Waals surface area contributed by atoms with Crippen molar-refractivity contribution in [2.75, 3.05) is 0 Å². The van der Waals surface area contributed by atoms with Gasteiger partial charge >= 0.3 is 0 Å². The van der Waals surface area contributed by atoms with Gasteiger partial charge in [0.2, 0.25) is 0 Å². The zero-order chi connectivity index (χ0) is 32.4. The van der Waals surface area contributed by atoms with Crippen LogP contribution in [0.1, 0.15) is 51.7 Å².